The zero-order chi connectivity index (χ0) is 15.8. The van der Waals surface area contributed by atoms with E-state index in [2.05, 4.69) is 0 Å². The topological polar surface area (TPSA) is 75.8 Å². The van der Waals surface area contributed by atoms with Gasteiger partial charge in [-0.05, 0) is 31.9 Å². The molecule has 0 saturated carbocycles. The van der Waals surface area contributed by atoms with Crippen molar-refractivity contribution in [3.63, 3.8) is 0 Å². The number of nitro groups is 1. The first-order chi connectivity index (χ1) is 10.1. The zero-order valence-corrected chi connectivity index (χ0v) is 12.9. The van der Waals surface area contributed by atoms with E-state index < -0.39 is 4.92 Å². The van der Waals surface area contributed by atoms with Gasteiger partial charge in [0.15, 0.2) is 5.75 Å². The van der Waals surface area contributed by atoms with E-state index in [-0.39, 0.29) is 24.1 Å². The third-order valence-corrected chi connectivity index (χ3v) is 3.49. The van der Waals surface area contributed by atoms with Gasteiger partial charge in [-0.3, -0.25) is 10.1 Å². The highest BCUT2D eigenvalue weighted by atomic mass is 16.6. The van der Waals surface area contributed by atoms with E-state index in [0.717, 1.165) is 12.8 Å². The van der Waals surface area contributed by atoms with Crippen molar-refractivity contribution in [1.29, 1.82) is 0 Å². The van der Waals surface area contributed by atoms with Crippen LogP contribution in [0.5, 0.6) is 5.75 Å². The Labute approximate surface area is 125 Å². The molecule has 0 heterocycles. The molecule has 0 aromatic heterocycles. The third kappa shape index (κ3) is 4.07. The highest BCUT2D eigenvalue weighted by Crippen LogP contribution is 2.38. The van der Waals surface area contributed by atoms with Gasteiger partial charge in [-0.15, -0.1) is 0 Å². The summed E-state index contributed by atoms with van der Waals surface area (Å²) in [5, 5.41) is 20.8. The molecule has 6 nitrogen and oxygen atoms in total. The fourth-order valence-electron chi connectivity index (χ4n) is 2.53. The monoisotopic (exact) mass is 296 g/mol. The molecule has 0 atom stereocenters. The minimum atomic E-state index is -0.410. The predicted octanol–water partition coefficient (Wildman–Crippen LogP) is 2.98. The third-order valence-electron chi connectivity index (χ3n) is 3.49. The number of hydrogen-bond donors (Lipinski definition) is 1. The highest BCUT2D eigenvalue weighted by Gasteiger charge is 2.27. The summed E-state index contributed by atoms with van der Waals surface area (Å²) in [6.07, 6.45) is 1.71. The molecule has 0 aliphatic carbocycles. The van der Waals surface area contributed by atoms with Crippen LogP contribution in [0.1, 0.15) is 33.6 Å². The maximum Gasteiger partial charge on any atom is 0.333 e. The van der Waals surface area contributed by atoms with Crippen molar-refractivity contribution in [2.75, 3.05) is 24.7 Å². The van der Waals surface area contributed by atoms with Crippen molar-refractivity contribution >= 4 is 11.4 Å². The Morgan fingerprint density at radius 1 is 1.33 bits per heavy atom. The Morgan fingerprint density at radius 3 is 2.48 bits per heavy atom. The van der Waals surface area contributed by atoms with Crippen LogP contribution in [-0.4, -0.2) is 35.8 Å². The minimum Gasteiger partial charge on any atom is -0.487 e. The second-order valence-electron chi connectivity index (χ2n) is 4.70. The van der Waals surface area contributed by atoms with Gasteiger partial charge in [-0.1, -0.05) is 19.9 Å². The van der Waals surface area contributed by atoms with Crippen molar-refractivity contribution in [2.45, 2.75) is 39.7 Å². The first-order valence-corrected chi connectivity index (χ1v) is 7.38. The average molecular weight is 296 g/mol. The molecule has 21 heavy (non-hydrogen) atoms. The quantitative estimate of drug-likeness (QED) is 0.560. The second kappa shape index (κ2) is 8.46. The van der Waals surface area contributed by atoms with Crippen LogP contribution >= 0.6 is 0 Å². The Hall–Kier alpha value is -1.82. The van der Waals surface area contributed by atoms with E-state index in [1.54, 1.807) is 25.1 Å². The first kappa shape index (κ1) is 17.2. The summed E-state index contributed by atoms with van der Waals surface area (Å²) in [4.78, 5) is 13.0. The summed E-state index contributed by atoms with van der Waals surface area (Å²) in [6.45, 7) is 6.56. The minimum absolute atomic E-state index is 0.0281. The molecule has 1 aromatic rings. The van der Waals surface area contributed by atoms with Gasteiger partial charge in [0.1, 0.15) is 5.69 Å². The lowest BCUT2D eigenvalue weighted by Gasteiger charge is -2.32. The lowest BCUT2D eigenvalue weighted by Crippen LogP contribution is -2.37. The number of benzene rings is 1. The summed E-state index contributed by atoms with van der Waals surface area (Å²) < 4.78 is 5.38. The number of rotatable bonds is 9. The van der Waals surface area contributed by atoms with Gasteiger partial charge in [0, 0.05) is 12.6 Å². The molecule has 0 bridgehead atoms. The molecule has 1 rings (SSSR count). The number of hydrogen-bond acceptors (Lipinski definition) is 5. The number of aliphatic hydroxyl groups is 1. The van der Waals surface area contributed by atoms with Gasteiger partial charge >= 0.3 is 5.69 Å². The molecule has 0 fully saturated rings. The zero-order valence-electron chi connectivity index (χ0n) is 12.9. The summed E-state index contributed by atoms with van der Waals surface area (Å²) in [7, 11) is 0. The predicted molar refractivity (Wildman–Crippen MR) is 83.1 cm³/mol. The van der Waals surface area contributed by atoms with Gasteiger partial charge in [0.05, 0.1) is 18.1 Å². The smallest absolute Gasteiger partial charge is 0.333 e. The van der Waals surface area contributed by atoms with Gasteiger partial charge < -0.3 is 14.7 Å². The van der Waals surface area contributed by atoms with E-state index in [1.807, 2.05) is 18.7 Å². The fourth-order valence-corrected chi connectivity index (χ4v) is 2.53. The van der Waals surface area contributed by atoms with Crippen molar-refractivity contribution in [2.24, 2.45) is 0 Å². The number of nitrogens with zero attached hydrogens (tertiary/aromatic N) is 2. The Morgan fingerprint density at radius 2 is 2.00 bits per heavy atom. The summed E-state index contributed by atoms with van der Waals surface area (Å²) in [5.74, 6) is 0.272. The number of nitro benzene ring substituents is 1. The molecule has 0 amide bonds. The molecule has 1 N–H and O–H groups in total. The van der Waals surface area contributed by atoms with Crippen LogP contribution < -0.4 is 9.64 Å². The van der Waals surface area contributed by atoms with Crippen LogP contribution in [0.25, 0.3) is 0 Å². The number of ether oxygens (including phenoxy) is 1. The van der Waals surface area contributed by atoms with Gasteiger partial charge in [0.25, 0.3) is 0 Å². The molecule has 118 valence electrons. The number of anilines is 1. The Bertz CT molecular complexity index is 461. The van der Waals surface area contributed by atoms with Crippen LogP contribution in [0.15, 0.2) is 18.2 Å². The fraction of sp³-hybridized carbons (Fsp3) is 0.600. The van der Waals surface area contributed by atoms with Crippen molar-refractivity contribution in [3.05, 3.63) is 28.3 Å². The molecule has 1 aromatic carbocycles. The normalized spacial score (nSPS) is 10.7. The largest absolute Gasteiger partial charge is 0.487 e. The molecule has 6 heteroatoms. The molecule has 0 aliphatic heterocycles. The summed E-state index contributed by atoms with van der Waals surface area (Å²) in [5.41, 5.74) is 0.480. The van der Waals surface area contributed by atoms with Crippen molar-refractivity contribution in [3.8, 4) is 5.75 Å². The summed E-state index contributed by atoms with van der Waals surface area (Å²) >= 11 is 0. The van der Waals surface area contributed by atoms with Crippen LogP contribution in [0.3, 0.4) is 0 Å². The van der Waals surface area contributed by atoms with E-state index >= 15 is 0 Å². The molecule has 0 aliphatic rings. The van der Waals surface area contributed by atoms with Crippen LogP contribution in [0.2, 0.25) is 0 Å². The van der Waals surface area contributed by atoms with Gasteiger partial charge in [0.2, 0.25) is 0 Å². The molecular formula is C15H24N2O4. The Balaban J connectivity index is 3.35. The maximum absolute atomic E-state index is 11.5. The van der Waals surface area contributed by atoms with Crippen LogP contribution in [-0.2, 0) is 0 Å². The number of para-hydroxylation sites is 1. The van der Waals surface area contributed by atoms with E-state index in [9.17, 15) is 15.2 Å². The molecule has 0 saturated heterocycles. The SMILES string of the molecule is CCOc1cccc(N(CCO)C(CC)CC)c1[N+](=O)[O-]. The van der Waals surface area contributed by atoms with Crippen molar-refractivity contribution in [1.82, 2.24) is 0 Å². The second-order valence-corrected chi connectivity index (χ2v) is 4.70. The number of aliphatic hydroxyl groups excluding tert-OH is 1. The van der Waals surface area contributed by atoms with E-state index in [4.69, 9.17) is 4.74 Å². The maximum atomic E-state index is 11.5. The lowest BCUT2D eigenvalue weighted by atomic mass is 10.1. The molecule has 0 radical (unpaired) electrons. The first-order valence-electron chi connectivity index (χ1n) is 7.38. The highest BCUT2D eigenvalue weighted by molar-refractivity contribution is 5.70. The van der Waals surface area contributed by atoms with Crippen LogP contribution in [0.4, 0.5) is 11.4 Å². The Kier molecular flexibility index (Phi) is 6.94. The summed E-state index contributed by atoms with van der Waals surface area (Å²) in [6, 6.07) is 5.22. The average Bonchev–Trinajstić information content (AvgIpc) is 2.47. The van der Waals surface area contributed by atoms with E-state index in [1.165, 1.54) is 0 Å². The van der Waals surface area contributed by atoms with Crippen molar-refractivity contribution < 1.29 is 14.8 Å². The molecular weight excluding hydrogens is 272 g/mol. The standard InChI is InChI=1S/C15H24N2O4/c1-4-12(5-2)16(10-11-18)13-8-7-9-14(21-6-3)15(13)17(19)20/h7-9,12,18H,4-6,10-11H2,1-3H3. The van der Waals surface area contributed by atoms with Gasteiger partial charge in [-0.2, -0.15) is 0 Å². The van der Waals surface area contributed by atoms with E-state index in [0.29, 0.717) is 18.8 Å². The lowest BCUT2D eigenvalue weighted by molar-refractivity contribution is -0.385. The van der Waals surface area contributed by atoms with Gasteiger partial charge in [-0.25, -0.2) is 0 Å². The van der Waals surface area contributed by atoms with Crippen LogP contribution in [0, 0.1) is 10.1 Å². The molecule has 0 spiro atoms. The molecule has 0 unspecified atom stereocenters.